The molecule has 37 heavy (non-hydrogen) atoms. The van der Waals surface area contributed by atoms with E-state index in [0.717, 1.165) is 14.9 Å². The van der Waals surface area contributed by atoms with Crippen LogP contribution in [0.1, 0.15) is 11.1 Å². The molecular formula is C26H18Br3N3O5. The van der Waals surface area contributed by atoms with Gasteiger partial charge in [-0.3, -0.25) is 19.7 Å². The molecule has 1 heterocycles. The van der Waals surface area contributed by atoms with Crippen molar-refractivity contribution >= 4 is 89.0 Å². The molecule has 188 valence electrons. The number of ether oxygens (including phenoxy) is 1. The van der Waals surface area contributed by atoms with Crippen LogP contribution in [0.2, 0.25) is 0 Å². The van der Waals surface area contributed by atoms with E-state index in [4.69, 9.17) is 4.74 Å². The van der Waals surface area contributed by atoms with Gasteiger partial charge in [-0.2, -0.15) is 0 Å². The van der Waals surface area contributed by atoms with Crippen LogP contribution < -0.4 is 20.3 Å². The summed E-state index contributed by atoms with van der Waals surface area (Å²) in [7, 11) is 0. The predicted molar refractivity (Wildman–Crippen MR) is 150 cm³/mol. The first-order valence-corrected chi connectivity index (χ1v) is 13.2. The zero-order valence-corrected chi connectivity index (χ0v) is 23.9. The Bertz CT molecular complexity index is 1440. The second kappa shape index (κ2) is 11.4. The van der Waals surface area contributed by atoms with Crippen LogP contribution in [0.4, 0.5) is 16.2 Å². The van der Waals surface area contributed by atoms with Gasteiger partial charge in [0.1, 0.15) is 11.3 Å². The standard InChI is InChI=1S/C26H18Br3N3O5/c1-14-2-6-18(7-3-14)30-22(33)13-37-23-15(10-17(28)12-21(23)29)11-20-24(34)31-26(36)32(25(20)35)19-8-4-16(27)5-9-19/h2-12H,13H2,1H3,(H,30,33)(H,31,34,36)/b20-11+. The Hall–Kier alpha value is -3.28. The van der Waals surface area contributed by atoms with Gasteiger partial charge in [-0.1, -0.05) is 49.6 Å². The highest BCUT2D eigenvalue weighted by atomic mass is 79.9. The number of aryl methyl sites for hydroxylation is 1. The van der Waals surface area contributed by atoms with E-state index in [-0.39, 0.29) is 17.9 Å². The maximum Gasteiger partial charge on any atom is 0.335 e. The Balaban J connectivity index is 1.61. The number of halogens is 3. The summed E-state index contributed by atoms with van der Waals surface area (Å²) in [5.74, 6) is -1.80. The van der Waals surface area contributed by atoms with Crippen LogP contribution in [-0.4, -0.2) is 30.4 Å². The van der Waals surface area contributed by atoms with Gasteiger partial charge in [0, 0.05) is 20.2 Å². The second-order valence-electron chi connectivity index (χ2n) is 7.94. The molecule has 11 heteroatoms. The Labute approximate surface area is 237 Å². The van der Waals surface area contributed by atoms with Crippen molar-refractivity contribution in [3.8, 4) is 5.75 Å². The van der Waals surface area contributed by atoms with Crippen LogP contribution in [0.25, 0.3) is 6.08 Å². The number of hydrogen-bond acceptors (Lipinski definition) is 5. The molecule has 0 aromatic heterocycles. The number of carbonyl (C=O) groups excluding carboxylic acids is 4. The van der Waals surface area contributed by atoms with Crippen LogP contribution >= 0.6 is 47.8 Å². The molecule has 2 N–H and O–H groups in total. The molecule has 0 bridgehead atoms. The van der Waals surface area contributed by atoms with Crippen LogP contribution in [0, 0.1) is 6.92 Å². The third-order valence-corrected chi connectivity index (χ3v) is 6.78. The van der Waals surface area contributed by atoms with Crippen LogP contribution in [0.15, 0.2) is 79.7 Å². The highest BCUT2D eigenvalue weighted by Gasteiger charge is 2.37. The lowest BCUT2D eigenvalue weighted by Gasteiger charge is -2.26. The van der Waals surface area contributed by atoms with Gasteiger partial charge in [-0.05, 0) is 77.5 Å². The Morgan fingerprint density at radius 2 is 1.65 bits per heavy atom. The van der Waals surface area contributed by atoms with Crippen molar-refractivity contribution in [2.24, 2.45) is 0 Å². The summed E-state index contributed by atoms with van der Waals surface area (Å²) in [6.45, 7) is 1.62. The molecule has 3 aromatic carbocycles. The van der Waals surface area contributed by atoms with Crippen molar-refractivity contribution in [3.05, 3.63) is 90.8 Å². The van der Waals surface area contributed by atoms with Crippen LogP contribution in [-0.2, 0) is 14.4 Å². The molecule has 1 aliphatic rings. The van der Waals surface area contributed by atoms with E-state index in [1.165, 1.54) is 6.08 Å². The highest BCUT2D eigenvalue weighted by Crippen LogP contribution is 2.35. The first kappa shape index (κ1) is 26.8. The topological polar surface area (TPSA) is 105 Å². The first-order chi connectivity index (χ1) is 17.6. The molecule has 8 nitrogen and oxygen atoms in total. The molecule has 1 aliphatic heterocycles. The number of nitrogens with one attached hydrogen (secondary N) is 2. The molecule has 0 spiro atoms. The molecule has 4 rings (SSSR count). The zero-order chi connectivity index (χ0) is 26.7. The van der Waals surface area contributed by atoms with Gasteiger partial charge in [0.05, 0.1) is 10.2 Å². The number of benzene rings is 3. The maximum absolute atomic E-state index is 13.2. The molecule has 0 unspecified atom stereocenters. The largest absolute Gasteiger partial charge is 0.482 e. The Kier molecular flexibility index (Phi) is 8.25. The lowest BCUT2D eigenvalue weighted by atomic mass is 10.1. The van der Waals surface area contributed by atoms with Gasteiger partial charge in [0.15, 0.2) is 6.61 Å². The van der Waals surface area contributed by atoms with Crippen molar-refractivity contribution in [1.29, 1.82) is 0 Å². The van der Waals surface area contributed by atoms with Gasteiger partial charge in [-0.25, -0.2) is 9.69 Å². The quantitative estimate of drug-likeness (QED) is 0.245. The number of nitrogens with zero attached hydrogens (tertiary/aromatic N) is 1. The van der Waals surface area contributed by atoms with Crippen LogP contribution in [0.5, 0.6) is 5.75 Å². The molecule has 3 aromatic rings. The molecule has 0 saturated carbocycles. The van der Waals surface area contributed by atoms with Gasteiger partial charge >= 0.3 is 6.03 Å². The summed E-state index contributed by atoms with van der Waals surface area (Å²) in [4.78, 5) is 51.7. The van der Waals surface area contributed by atoms with Gasteiger partial charge < -0.3 is 10.1 Å². The summed E-state index contributed by atoms with van der Waals surface area (Å²) >= 11 is 10.1. The number of barbiturate groups is 1. The maximum atomic E-state index is 13.2. The summed E-state index contributed by atoms with van der Waals surface area (Å²) < 4.78 is 7.67. The molecule has 1 saturated heterocycles. The fourth-order valence-corrected chi connectivity index (χ4v) is 5.09. The normalized spacial score (nSPS) is 14.5. The van der Waals surface area contributed by atoms with E-state index in [2.05, 4.69) is 58.4 Å². The number of amides is 5. The smallest absolute Gasteiger partial charge is 0.335 e. The number of anilines is 2. The molecule has 0 atom stereocenters. The van der Waals surface area contributed by atoms with Crippen molar-refractivity contribution in [1.82, 2.24) is 5.32 Å². The summed E-state index contributed by atoms with van der Waals surface area (Å²) in [6, 6.07) is 16.3. The van der Waals surface area contributed by atoms with Gasteiger partial charge in [0.2, 0.25) is 0 Å². The van der Waals surface area contributed by atoms with Gasteiger partial charge in [-0.15, -0.1) is 0 Å². The molecule has 5 amide bonds. The monoisotopic (exact) mass is 689 g/mol. The lowest BCUT2D eigenvalue weighted by molar-refractivity contribution is -0.122. The third kappa shape index (κ3) is 6.35. The Morgan fingerprint density at radius 3 is 2.32 bits per heavy atom. The molecular weight excluding hydrogens is 674 g/mol. The SMILES string of the molecule is Cc1ccc(NC(=O)COc2c(Br)cc(Br)cc2/C=C2\C(=O)NC(=O)N(c3ccc(Br)cc3)C2=O)cc1. The second-order valence-corrected chi connectivity index (χ2v) is 10.6. The van der Waals surface area contributed by atoms with Crippen molar-refractivity contribution < 1.29 is 23.9 Å². The predicted octanol–water partition coefficient (Wildman–Crippen LogP) is 5.97. The highest BCUT2D eigenvalue weighted by molar-refractivity contribution is 9.11. The number of hydrogen-bond donors (Lipinski definition) is 2. The fourth-order valence-electron chi connectivity index (χ4n) is 3.45. The number of rotatable bonds is 6. The van der Waals surface area contributed by atoms with E-state index < -0.39 is 23.8 Å². The lowest BCUT2D eigenvalue weighted by Crippen LogP contribution is -2.54. The first-order valence-electron chi connectivity index (χ1n) is 10.8. The van der Waals surface area contributed by atoms with Crippen LogP contribution in [0.3, 0.4) is 0 Å². The summed E-state index contributed by atoms with van der Waals surface area (Å²) in [5, 5.41) is 4.94. The van der Waals surface area contributed by atoms with Crippen molar-refractivity contribution in [3.63, 3.8) is 0 Å². The third-order valence-electron chi connectivity index (χ3n) is 5.21. The Morgan fingerprint density at radius 1 is 0.973 bits per heavy atom. The summed E-state index contributed by atoms with van der Waals surface area (Å²) in [5.41, 5.74) is 2.05. The van der Waals surface area contributed by atoms with E-state index >= 15 is 0 Å². The fraction of sp³-hybridized carbons (Fsp3) is 0.0769. The number of imide groups is 2. The van der Waals surface area contributed by atoms with E-state index in [1.54, 1.807) is 48.5 Å². The van der Waals surface area contributed by atoms with Gasteiger partial charge in [0.25, 0.3) is 17.7 Å². The van der Waals surface area contributed by atoms with Crippen molar-refractivity contribution in [2.45, 2.75) is 6.92 Å². The minimum absolute atomic E-state index is 0.238. The average Bonchev–Trinajstić information content (AvgIpc) is 2.83. The minimum Gasteiger partial charge on any atom is -0.482 e. The molecule has 0 aliphatic carbocycles. The zero-order valence-electron chi connectivity index (χ0n) is 19.2. The molecule has 1 fully saturated rings. The van der Waals surface area contributed by atoms with E-state index in [0.29, 0.717) is 25.9 Å². The van der Waals surface area contributed by atoms with E-state index in [1.807, 2.05) is 19.1 Å². The van der Waals surface area contributed by atoms with E-state index in [9.17, 15) is 19.2 Å². The van der Waals surface area contributed by atoms with Crippen molar-refractivity contribution in [2.75, 3.05) is 16.8 Å². The minimum atomic E-state index is -0.853. The average molecular weight is 692 g/mol. The number of urea groups is 1. The summed E-state index contributed by atoms with van der Waals surface area (Å²) in [6.07, 6.45) is 1.32. The molecule has 0 radical (unpaired) electrons. The number of carbonyl (C=O) groups is 4.